The molecule has 1 spiro atoms. The van der Waals surface area contributed by atoms with Crippen molar-refractivity contribution in [3.05, 3.63) is 0 Å². The van der Waals surface area contributed by atoms with Gasteiger partial charge < -0.3 is 10.1 Å². The third-order valence-corrected chi connectivity index (χ3v) is 7.75. The van der Waals surface area contributed by atoms with Crippen LogP contribution in [0.15, 0.2) is 0 Å². The Balaban J connectivity index is 1.72. The number of nitrogens with zero attached hydrogens (tertiary/aromatic N) is 2. The number of nitrogens with one attached hydrogen (secondary N) is 1. The topological polar surface area (TPSA) is 96.0 Å². The molecule has 0 aromatic rings. The van der Waals surface area contributed by atoms with Crippen LogP contribution in [0.25, 0.3) is 0 Å². The van der Waals surface area contributed by atoms with E-state index in [4.69, 9.17) is 4.74 Å². The first-order chi connectivity index (χ1) is 12.3. The lowest BCUT2D eigenvalue weighted by Crippen LogP contribution is -2.51. The highest BCUT2D eigenvalue weighted by Gasteiger charge is 2.52. The van der Waals surface area contributed by atoms with Gasteiger partial charge in [-0.15, -0.1) is 0 Å². The summed E-state index contributed by atoms with van der Waals surface area (Å²) in [4.78, 5) is 28.7. The molecule has 0 unspecified atom stereocenters. The van der Waals surface area contributed by atoms with Gasteiger partial charge in [-0.3, -0.25) is 9.69 Å². The lowest BCUT2D eigenvalue weighted by molar-refractivity contribution is -0.134. The second kappa shape index (κ2) is 7.44. The van der Waals surface area contributed by atoms with Gasteiger partial charge in [0.15, 0.2) is 9.84 Å². The normalized spacial score (nSPS) is 34.0. The predicted molar refractivity (Wildman–Crippen MR) is 96.2 cm³/mol. The summed E-state index contributed by atoms with van der Waals surface area (Å²) in [5.41, 5.74) is -0.766. The maximum absolute atomic E-state index is 13.0. The van der Waals surface area contributed by atoms with Crippen LogP contribution in [-0.4, -0.2) is 80.2 Å². The minimum Gasteiger partial charge on any atom is -0.383 e. The van der Waals surface area contributed by atoms with Crippen molar-refractivity contribution in [1.82, 2.24) is 15.1 Å². The van der Waals surface area contributed by atoms with Crippen molar-refractivity contribution in [1.29, 1.82) is 0 Å². The molecule has 2 aliphatic heterocycles. The summed E-state index contributed by atoms with van der Waals surface area (Å²) in [5.74, 6) is 0.630. The molecule has 9 heteroatoms. The Morgan fingerprint density at radius 2 is 1.96 bits per heavy atom. The van der Waals surface area contributed by atoms with Crippen molar-refractivity contribution >= 4 is 21.8 Å². The summed E-state index contributed by atoms with van der Waals surface area (Å²) in [7, 11) is -1.47. The van der Waals surface area contributed by atoms with Crippen molar-refractivity contribution in [3.63, 3.8) is 0 Å². The Hall–Kier alpha value is -1.19. The maximum Gasteiger partial charge on any atom is 0.326 e. The molecular weight excluding hydrogens is 358 g/mol. The number of hydrogen-bond donors (Lipinski definition) is 1. The van der Waals surface area contributed by atoms with Crippen molar-refractivity contribution in [2.75, 3.05) is 38.4 Å². The standard InChI is InChI=1S/C17H29N3O5S/c1-13-3-6-17(7-4-13)15(21)20(16(22)18-17)12-19(8-9-25-2)14-5-10-26(23,24)11-14/h13-14H,3-12H2,1-2H3,(H,18,22)/t13?,14-,17?/m1/s1. The summed E-state index contributed by atoms with van der Waals surface area (Å²) in [6.45, 7) is 3.19. The van der Waals surface area contributed by atoms with Crippen LogP contribution in [0.2, 0.25) is 0 Å². The van der Waals surface area contributed by atoms with Gasteiger partial charge in [0.25, 0.3) is 5.91 Å². The molecule has 2 heterocycles. The number of hydrogen-bond acceptors (Lipinski definition) is 6. The molecule has 3 amide bonds. The number of imide groups is 1. The van der Waals surface area contributed by atoms with Crippen LogP contribution in [0.3, 0.4) is 0 Å². The molecule has 0 aromatic heterocycles. The van der Waals surface area contributed by atoms with Crippen molar-refractivity contribution < 1.29 is 22.7 Å². The molecule has 3 aliphatic rings. The van der Waals surface area contributed by atoms with Gasteiger partial charge in [0.1, 0.15) is 5.54 Å². The van der Waals surface area contributed by atoms with E-state index in [1.807, 2.05) is 4.90 Å². The third kappa shape index (κ3) is 3.89. The molecule has 26 heavy (non-hydrogen) atoms. The SMILES string of the molecule is COCCN(CN1C(=O)NC2(CCC(C)CC2)C1=O)[C@@H]1CCS(=O)(=O)C1. The zero-order valence-electron chi connectivity index (χ0n) is 15.6. The van der Waals surface area contributed by atoms with E-state index in [0.29, 0.717) is 38.3 Å². The molecule has 1 saturated carbocycles. The molecule has 2 saturated heterocycles. The lowest BCUT2D eigenvalue weighted by Gasteiger charge is -2.34. The first kappa shape index (κ1) is 19.6. The highest BCUT2D eigenvalue weighted by Crippen LogP contribution is 2.36. The highest BCUT2D eigenvalue weighted by atomic mass is 32.2. The number of methoxy groups -OCH3 is 1. The number of rotatable bonds is 6. The monoisotopic (exact) mass is 387 g/mol. The lowest BCUT2D eigenvalue weighted by atomic mass is 9.77. The van der Waals surface area contributed by atoms with E-state index in [1.165, 1.54) is 4.90 Å². The van der Waals surface area contributed by atoms with Crippen LogP contribution < -0.4 is 5.32 Å². The number of sulfone groups is 1. The first-order valence-corrected chi connectivity index (χ1v) is 11.2. The number of ether oxygens (including phenoxy) is 1. The molecule has 1 aliphatic carbocycles. The smallest absolute Gasteiger partial charge is 0.326 e. The highest BCUT2D eigenvalue weighted by molar-refractivity contribution is 7.91. The average Bonchev–Trinajstić information content (AvgIpc) is 3.06. The number of amides is 3. The summed E-state index contributed by atoms with van der Waals surface area (Å²) in [6.07, 6.45) is 3.72. The average molecular weight is 388 g/mol. The van der Waals surface area contributed by atoms with Gasteiger partial charge in [-0.2, -0.15) is 0 Å². The zero-order chi connectivity index (χ0) is 18.9. The van der Waals surface area contributed by atoms with Crippen molar-refractivity contribution in [2.24, 2.45) is 5.92 Å². The van der Waals surface area contributed by atoms with Crippen molar-refractivity contribution in [3.8, 4) is 0 Å². The quantitative estimate of drug-likeness (QED) is 0.670. The fourth-order valence-electron chi connectivity index (χ4n) is 4.22. The summed E-state index contributed by atoms with van der Waals surface area (Å²) in [6, 6.07) is -0.550. The van der Waals surface area contributed by atoms with Crippen LogP contribution in [0.4, 0.5) is 4.79 Å². The Morgan fingerprint density at radius 3 is 2.54 bits per heavy atom. The van der Waals surface area contributed by atoms with Gasteiger partial charge in [-0.1, -0.05) is 6.92 Å². The van der Waals surface area contributed by atoms with E-state index in [-0.39, 0.29) is 36.2 Å². The Labute approximate surface area is 155 Å². The van der Waals surface area contributed by atoms with Crippen LogP contribution in [-0.2, 0) is 19.4 Å². The fraction of sp³-hybridized carbons (Fsp3) is 0.882. The van der Waals surface area contributed by atoms with E-state index >= 15 is 0 Å². The van der Waals surface area contributed by atoms with Gasteiger partial charge in [0, 0.05) is 19.7 Å². The Kier molecular flexibility index (Phi) is 5.60. The second-order valence-corrected chi connectivity index (χ2v) is 10.2. The number of carbonyl (C=O) groups is 2. The van der Waals surface area contributed by atoms with Gasteiger partial charge >= 0.3 is 6.03 Å². The van der Waals surface area contributed by atoms with E-state index in [0.717, 1.165) is 12.8 Å². The van der Waals surface area contributed by atoms with Gasteiger partial charge in [0.2, 0.25) is 0 Å². The molecule has 3 rings (SSSR count). The number of urea groups is 1. The summed E-state index contributed by atoms with van der Waals surface area (Å²) >= 11 is 0. The van der Waals surface area contributed by atoms with E-state index < -0.39 is 15.4 Å². The summed E-state index contributed by atoms with van der Waals surface area (Å²) in [5, 5.41) is 2.92. The van der Waals surface area contributed by atoms with E-state index in [9.17, 15) is 18.0 Å². The number of carbonyl (C=O) groups excluding carboxylic acids is 2. The molecule has 148 valence electrons. The van der Waals surface area contributed by atoms with Crippen LogP contribution in [0, 0.1) is 5.92 Å². The largest absolute Gasteiger partial charge is 0.383 e. The van der Waals surface area contributed by atoms with E-state index in [1.54, 1.807) is 7.11 Å². The molecule has 0 radical (unpaired) electrons. The minimum absolute atomic E-state index is 0.0724. The minimum atomic E-state index is -3.05. The first-order valence-electron chi connectivity index (χ1n) is 9.34. The van der Waals surface area contributed by atoms with Crippen LogP contribution in [0.1, 0.15) is 39.0 Å². The Bertz CT molecular complexity index is 657. The van der Waals surface area contributed by atoms with Crippen LogP contribution >= 0.6 is 0 Å². The third-order valence-electron chi connectivity index (χ3n) is 6.00. The zero-order valence-corrected chi connectivity index (χ0v) is 16.4. The molecule has 8 nitrogen and oxygen atoms in total. The second-order valence-electron chi connectivity index (χ2n) is 7.93. The van der Waals surface area contributed by atoms with Crippen LogP contribution in [0.5, 0.6) is 0 Å². The van der Waals surface area contributed by atoms with E-state index in [2.05, 4.69) is 12.2 Å². The maximum atomic E-state index is 13.0. The summed E-state index contributed by atoms with van der Waals surface area (Å²) < 4.78 is 28.8. The molecular formula is C17H29N3O5S. The predicted octanol–water partition coefficient (Wildman–Crippen LogP) is 0.580. The fourth-order valence-corrected chi connectivity index (χ4v) is 5.98. The molecule has 1 N–H and O–H groups in total. The molecule has 0 aromatic carbocycles. The van der Waals surface area contributed by atoms with Gasteiger partial charge in [0.05, 0.1) is 24.8 Å². The van der Waals surface area contributed by atoms with Gasteiger partial charge in [-0.25, -0.2) is 18.1 Å². The Morgan fingerprint density at radius 1 is 1.27 bits per heavy atom. The molecule has 1 atom stereocenters. The van der Waals surface area contributed by atoms with Gasteiger partial charge in [-0.05, 0) is 38.0 Å². The van der Waals surface area contributed by atoms with Crippen molar-refractivity contribution in [2.45, 2.75) is 50.6 Å². The molecule has 0 bridgehead atoms. The molecule has 3 fully saturated rings.